The van der Waals surface area contributed by atoms with Crippen LogP contribution in [0.4, 0.5) is 8.78 Å². The Bertz CT molecular complexity index is 646. The van der Waals surface area contributed by atoms with Gasteiger partial charge in [0.1, 0.15) is 6.29 Å². The van der Waals surface area contributed by atoms with Crippen LogP contribution in [0.3, 0.4) is 0 Å². The van der Waals surface area contributed by atoms with E-state index >= 15 is 0 Å². The maximum atomic E-state index is 13.0. The van der Waals surface area contributed by atoms with Gasteiger partial charge in [-0.2, -0.15) is 8.78 Å². The topological polar surface area (TPSA) is 91.0 Å². The molecule has 144 valence electrons. The van der Waals surface area contributed by atoms with Crippen LogP contribution >= 0.6 is 0 Å². The molecule has 0 spiro atoms. The van der Waals surface area contributed by atoms with Crippen LogP contribution in [0.25, 0.3) is 5.70 Å². The van der Waals surface area contributed by atoms with Gasteiger partial charge in [0.15, 0.2) is 0 Å². The Morgan fingerprint density at radius 3 is 2.58 bits per heavy atom. The molecule has 0 amide bonds. The van der Waals surface area contributed by atoms with Crippen molar-refractivity contribution < 1.29 is 13.6 Å². The lowest BCUT2D eigenvalue weighted by atomic mass is 9.94. The van der Waals surface area contributed by atoms with Crippen molar-refractivity contribution in [2.24, 2.45) is 11.7 Å². The molecule has 7 heteroatoms. The monoisotopic (exact) mass is 366 g/mol. The summed E-state index contributed by atoms with van der Waals surface area (Å²) in [6.07, 6.45) is 4.21. The third kappa shape index (κ3) is 6.22. The summed E-state index contributed by atoms with van der Waals surface area (Å²) in [6, 6.07) is 5.26. The number of aldehydes is 1. The maximum absolute atomic E-state index is 13.0. The largest absolute Gasteiger partial charge is 0.385 e. The molecule has 0 aromatic heterocycles. The molecule has 0 aliphatic rings. The van der Waals surface area contributed by atoms with Gasteiger partial charge in [-0.15, -0.1) is 0 Å². The van der Waals surface area contributed by atoms with E-state index in [0.29, 0.717) is 12.0 Å². The number of nitrogens with two attached hydrogens (primary N) is 1. The molecule has 0 aliphatic heterocycles. The summed E-state index contributed by atoms with van der Waals surface area (Å²) in [5, 5.41) is 12.3. The molecule has 1 aromatic carbocycles. The van der Waals surface area contributed by atoms with Crippen molar-refractivity contribution in [1.82, 2.24) is 10.6 Å². The Labute approximate surface area is 153 Å². The SMILES string of the molecule is CN/C(C=N)=C(/NC(F)F)c1cc(C(N)CCCC(C)C=O)ccc1C. The predicted octanol–water partition coefficient (Wildman–Crippen LogP) is 3.35. The van der Waals surface area contributed by atoms with Crippen molar-refractivity contribution >= 4 is 18.2 Å². The van der Waals surface area contributed by atoms with E-state index < -0.39 is 6.55 Å². The fourth-order valence-electron chi connectivity index (χ4n) is 2.71. The van der Waals surface area contributed by atoms with Crippen LogP contribution < -0.4 is 16.4 Å². The number of aryl methyl sites for hydroxylation is 1. The van der Waals surface area contributed by atoms with Crippen molar-refractivity contribution in [2.45, 2.75) is 45.7 Å². The first-order chi connectivity index (χ1) is 12.3. The second kappa shape index (κ2) is 10.7. The van der Waals surface area contributed by atoms with E-state index in [0.717, 1.165) is 36.5 Å². The molecule has 5 N–H and O–H groups in total. The molecule has 0 fully saturated rings. The molecule has 26 heavy (non-hydrogen) atoms. The molecule has 2 unspecified atom stereocenters. The Morgan fingerprint density at radius 2 is 2.04 bits per heavy atom. The van der Waals surface area contributed by atoms with Crippen molar-refractivity contribution in [3.8, 4) is 0 Å². The third-order valence-electron chi connectivity index (χ3n) is 4.30. The second-order valence-electron chi connectivity index (χ2n) is 6.35. The fourth-order valence-corrected chi connectivity index (χ4v) is 2.71. The molecule has 1 rings (SSSR count). The Hall–Kier alpha value is -2.28. The molecular weight excluding hydrogens is 338 g/mol. The van der Waals surface area contributed by atoms with E-state index in [9.17, 15) is 13.6 Å². The highest BCUT2D eigenvalue weighted by molar-refractivity contribution is 5.88. The van der Waals surface area contributed by atoms with Gasteiger partial charge in [0, 0.05) is 30.8 Å². The van der Waals surface area contributed by atoms with Crippen LogP contribution in [0.1, 0.15) is 48.9 Å². The molecule has 0 heterocycles. The zero-order valence-corrected chi connectivity index (χ0v) is 15.5. The molecule has 5 nitrogen and oxygen atoms in total. The standard InChI is InChI=1S/C19H28F2N4O/c1-12(11-26)5-4-6-16(23)14-8-7-13(2)15(9-14)18(25-19(20)21)17(10-22)24-3/h7-12,16,19,22,24-25H,4-6,23H2,1-3H3/b18-17+,22-10?. The molecule has 0 bridgehead atoms. The summed E-state index contributed by atoms with van der Waals surface area (Å²) in [6.45, 7) is 0.933. The normalized spacial score (nSPS) is 14.4. The van der Waals surface area contributed by atoms with E-state index in [2.05, 4.69) is 10.6 Å². The average molecular weight is 366 g/mol. The molecule has 0 aliphatic carbocycles. The van der Waals surface area contributed by atoms with E-state index in [1.54, 1.807) is 13.1 Å². The molecule has 1 aromatic rings. The number of hydrogen-bond acceptors (Lipinski definition) is 5. The van der Waals surface area contributed by atoms with Crippen LogP contribution in [0.5, 0.6) is 0 Å². The van der Waals surface area contributed by atoms with Crippen molar-refractivity contribution in [3.05, 3.63) is 40.6 Å². The molecule has 2 atom stereocenters. The molecule has 0 saturated carbocycles. The van der Waals surface area contributed by atoms with Gasteiger partial charge < -0.3 is 26.6 Å². The lowest BCUT2D eigenvalue weighted by Crippen LogP contribution is -2.25. The fraction of sp³-hybridized carbons (Fsp3) is 0.474. The number of allylic oxidation sites excluding steroid dienone is 1. The van der Waals surface area contributed by atoms with Crippen LogP contribution in [0.15, 0.2) is 23.9 Å². The summed E-state index contributed by atoms with van der Waals surface area (Å²) in [5.41, 5.74) is 8.89. The first-order valence-corrected chi connectivity index (χ1v) is 8.63. The van der Waals surface area contributed by atoms with E-state index in [4.69, 9.17) is 11.1 Å². The van der Waals surface area contributed by atoms with E-state index in [1.807, 2.05) is 26.0 Å². The Morgan fingerprint density at radius 1 is 1.35 bits per heavy atom. The number of halogens is 2. The van der Waals surface area contributed by atoms with Crippen LogP contribution in [-0.4, -0.2) is 26.1 Å². The highest BCUT2D eigenvalue weighted by Crippen LogP contribution is 2.26. The maximum Gasteiger partial charge on any atom is 0.313 e. The van der Waals surface area contributed by atoms with Crippen LogP contribution in [0.2, 0.25) is 0 Å². The molecular formula is C19H28F2N4O. The van der Waals surface area contributed by atoms with Crippen molar-refractivity contribution in [1.29, 1.82) is 5.41 Å². The summed E-state index contributed by atoms with van der Waals surface area (Å²) in [5.74, 6) is 0.00587. The number of carbonyl (C=O) groups excluding carboxylic acids is 1. The van der Waals surface area contributed by atoms with Gasteiger partial charge >= 0.3 is 6.55 Å². The number of alkyl halides is 2. The average Bonchev–Trinajstić information content (AvgIpc) is 2.61. The molecule has 0 saturated heterocycles. The van der Waals surface area contributed by atoms with Crippen molar-refractivity contribution in [2.75, 3.05) is 7.05 Å². The highest BCUT2D eigenvalue weighted by Gasteiger charge is 2.16. The molecule has 0 radical (unpaired) electrons. The lowest BCUT2D eigenvalue weighted by molar-refractivity contribution is -0.110. The van der Waals surface area contributed by atoms with Crippen LogP contribution in [-0.2, 0) is 4.79 Å². The van der Waals surface area contributed by atoms with Crippen LogP contribution in [0, 0.1) is 18.3 Å². The Kier molecular flexibility index (Phi) is 8.92. The number of carbonyl (C=O) groups is 1. The van der Waals surface area contributed by atoms with Gasteiger partial charge in [-0.05, 0) is 37.0 Å². The second-order valence-corrected chi connectivity index (χ2v) is 6.35. The van der Waals surface area contributed by atoms with Gasteiger partial charge in [-0.1, -0.05) is 25.5 Å². The summed E-state index contributed by atoms with van der Waals surface area (Å²) >= 11 is 0. The smallest absolute Gasteiger partial charge is 0.313 e. The zero-order valence-electron chi connectivity index (χ0n) is 15.5. The number of rotatable bonds is 11. The predicted molar refractivity (Wildman–Crippen MR) is 101 cm³/mol. The third-order valence-corrected chi connectivity index (χ3v) is 4.30. The summed E-state index contributed by atoms with van der Waals surface area (Å²) in [7, 11) is 1.58. The highest BCUT2D eigenvalue weighted by atomic mass is 19.3. The number of benzene rings is 1. The minimum atomic E-state index is -2.75. The van der Waals surface area contributed by atoms with Gasteiger partial charge in [-0.3, -0.25) is 0 Å². The zero-order chi connectivity index (χ0) is 19.7. The van der Waals surface area contributed by atoms with Gasteiger partial charge in [-0.25, -0.2) is 0 Å². The van der Waals surface area contributed by atoms with Crippen molar-refractivity contribution in [3.63, 3.8) is 0 Å². The van der Waals surface area contributed by atoms with Gasteiger partial charge in [0.05, 0.1) is 11.4 Å². The first kappa shape index (κ1) is 21.8. The van der Waals surface area contributed by atoms with E-state index in [1.165, 1.54) is 0 Å². The summed E-state index contributed by atoms with van der Waals surface area (Å²) < 4.78 is 25.9. The van der Waals surface area contributed by atoms with Gasteiger partial charge in [0.25, 0.3) is 0 Å². The minimum Gasteiger partial charge on any atom is -0.385 e. The first-order valence-electron chi connectivity index (χ1n) is 8.63. The minimum absolute atomic E-state index is 0.00587. The van der Waals surface area contributed by atoms with E-state index in [-0.39, 0.29) is 23.4 Å². The summed E-state index contributed by atoms with van der Waals surface area (Å²) in [4.78, 5) is 10.7. The quantitative estimate of drug-likeness (QED) is 0.275. The Balaban J connectivity index is 3.12. The number of hydrogen-bond donors (Lipinski definition) is 4. The lowest BCUT2D eigenvalue weighted by Gasteiger charge is -2.19. The van der Waals surface area contributed by atoms with Gasteiger partial charge in [0.2, 0.25) is 0 Å². The number of nitrogens with one attached hydrogen (secondary N) is 3.